The molecule has 21 heavy (non-hydrogen) atoms. The molecule has 1 fully saturated rings. The Bertz CT molecular complexity index is 344. The van der Waals surface area contributed by atoms with Crippen LogP contribution in [-0.2, 0) is 14.3 Å². The molecule has 0 aliphatic heterocycles. The molecular formula is C15H28N2O4. The van der Waals surface area contributed by atoms with E-state index in [9.17, 15) is 9.59 Å². The lowest BCUT2D eigenvalue weighted by molar-refractivity contribution is -0.126. The summed E-state index contributed by atoms with van der Waals surface area (Å²) in [4.78, 5) is 23.6. The monoisotopic (exact) mass is 300 g/mol. The van der Waals surface area contributed by atoms with E-state index in [1.54, 1.807) is 7.11 Å². The van der Waals surface area contributed by atoms with Crippen LogP contribution in [0.2, 0.25) is 0 Å². The third-order valence-electron chi connectivity index (χ3n) is 3.42. The number of ether oxygens (including phenoxy) is 2. The van der Waals surface area contributed by atoms with Crippen molar-refractivity contribution in [3.63, 3.8) is 0 Å². The van der Waals surface area contributed by atoms with E-state index >= 15 is 0 Å². The lowest BCUT2D eigenvalue weighted by Gasteiger charge is -2.29. The summed E-state index contributed by atoms with van der Waals surface area (Å²) in [6.45, 7) is 6.60. The Hall–Kier alpha value is -1.30. The van der Waals surface area contributed by atoms with Gasteiger partial charge in [0.2, 0.25) is 5.91 Å². The maximum atomic E-state index is 11.9. The van der Waals surface area contributed by atoms with Crippen LogP contribution < -0.4 is 10.6 Å². The Balaban J connectivity index is 2.25. The van der Waals surface area contributed by atoms with E-state index < -0.39 is 5.60 Å². The van der Waals surface area contributed by atoms with Crippen molar-refractivity contribution in [2.75, 3.05) is 20.3 Å². The number of alkyl carbamates (subject to hydrolysis) is 1. The van der Waals surface area contributed by atoms with Gasteiger partial charge in [-0.3, -0.25) is 4.79 Å². The molecule has 1 aliphatic carbocycles. The minimum Gasteiger partial charge on any atom is -0.444 e. The largest absolute Gasteiger partial charge is 0.444 e. The molecule has 1 rings (SSSR count). The van der Waals surface area contributed by atoms with Crippen LogP contribution in [0, 0.1) is 5.92 Å². The molecule has 0 aromatic rings. The van der Waals surface area contributed by atoms with Crippen molar-refractivity contribution in [1.82, 2.24) is 10.6 Å². The standard InChI is InChI=1S/C15H28N2O4/c1-15(2,3)21-14(19)17-12-7-5-11(6-8-12)13(18)16-9-10-20-4/h11-12H,5-10H2,1-4H3,(H,16,18)(H,17,19). The summed E-state index contributed by atoms with van der Waals surface area (Å²) in [5.74, 6) is 0.126. The molecule has 2 N–H and O–H groups in total. The van der Waals surface area contributed by atoms with Gasteiger partial charge in [0.15, 0.2) is 0 Å². The number of amides is 2. The predicted octanol–water partition coefficient (Wildman–Crippen LogP) is 1.83. The average molecular weight is 300 g/mol. The summed E-state index contributed by atoms with van der Waals surface area (Å²) in [6, 6.07) is 0.0999. The lowest BCUT2D eigenvalue weighted by atomic mass is 9.85. The van der Waals surface area contributed by atoms with Gasteiger partial charge in [0.05, 0.1) is 6.61 Å². The van der Waals surface area contributed by atoms with Gasteiger partial charge in [-0.2, -0.15) is 0 Å². The minimum atomic E-state index is -0.484. The third-order valence-corrected chi connectivity index (χ3v) is 3.42. The second-order valence-electron chi connectivity index (χ2n) is 6.48. The summed E-state index contributed by atoms with van der Waals surface area (Å²) < 4.78 is 10.1. The number of hydrogen-bond acceptors (Lipinski definition) is 4. The highest BCUT2D eigenvalue weighted by Crippen LogP contribution is 2.24. The third kappa shape index (κ3) is 7.32. The Morgan fingerprint density at radius 2 is 1.76 bits per heavy atom. The van der Waals surface area contributed by atoms with Crippen molar-refractivity contribution >= 4 is 12.0 Å². The molecular weight excluding hydrogens is 272 g/mol. The Kier molecular flexibility index (Phi) is 6.95. The van der Waals surface area contributed by atoms with Crippen LogP contribution in [0.1, 0.15) is 46.5 Å². The van der Waals surface area contributed by atoms with Crippen LogP contribution in [0.4, 0.5) is 4.79 Å². The summed E-state index contributed by atoms with van der Waals surface area (Å²) in [5.41, 5.74) is -0.484. The molecule has 0 unspecified atom stereocenters. The summed E-state index contributed by atoms with van der Waals surface area (Å²) in [7, 11) is 1.61. The Morgan fingerprint density at radius 3 is 2.29 bits per heavy atom. The van der Waals surface area contributed by atoms with Crippen LogP contribution in [0.5, 0.6) is 0 Å². The molecule has 122 valence electrons. The number of methoxy groups -OCH3 is 1. The maximum Gasteiger partial charge on any atom is 0.407 e. The predicted molar refractivity (Wildman–Crippen MR) is 80.0 cm³/mol. The number of carbonyl (C=O) groups is 2. The fraction of sp³-hybridized carbons (Fsp3) is 0.867. The fourth-order valence-corrected chi connectivity index (χ4v) is 2.39. The van der Waals surface area contributed by atoms with E-state index in [1.165, 1.54) is 0 Å². The maximum absolute atomic E-state index is 11.9. The Labute approximate surface area is 126 Å². The van der Waals surface area contributed by atoms with Gasteiger partial charge in [-0.05, 0) is 46.5 Å². The highest BCUT2D eigenvalue weighted by Gasteiger charge is 2.28. The fourth-order valence-electron chi connectivity index (χ4n) is 2.39. The molecule has 2 amide bonds. The average Bonchev–Trinajstić information content (AvgIpc) is 2.37. The molecule has 6 nitrogen and oxygen atoms in total. The number of rotatable bonds is 5. The number of carbonyl (C=O) groups excluding carboxylic acids is 2. The molecule has 1 saturated carbocycles. The second-order valence-corrected chi connectivity index (χ2v) is 6.48. The zero-order chi connectivity index (χ0) is 15.9. The van der Waals surface area contributed by atoms with Crippen molar-refractivity contribution in [2.45, 2.75) is 58.1 Å². The van der Waals surface area contributed by atoms with Crippen LogP contribution in [0.3, 0.4) is 0 Å². The van der Waals surface area contributed by atoms with E-state index in [0.717, 1.165) is 25.7 Å². The highest BCUT2D eigenvalue weighted by molar-refractivity contribution is 5.78. The number of nitrogens with one attached hydrogen (secondary N) is 2. The zero-order valence-corrected chi connectivity index (χ0v) is 13.5. The summed E-state index contributed by atoms with van der Waals surface area (Å²) in [6.07, 6.45) is 2.82. The first-order valence-corrected chi connectivity index (χ1v) is 7.58. The molecule has 0 radical (unpaired) electrons. The van der Waals surface area contributed by atoms with E-state index in [-0.39, 0.29) is 24.0 Å². The summed E-state index contributed by atoms with van der Waals surface area (Å²) >= 11 is 0. The first kappa shape index (κ1) is 17.8. The molecule has 0 aromatic heterocycles. The molecule has 6 heteroatoms. The molecule has 0 atom stereocenters. The normalized spacial score (nSPS) is 22.5. The van der Waals surface area contributed by atoms with Gasteiger partial charge in [0, 0.05) is 25.6 Å². The van der Waals surface area contributed by atoms with Crippen molar-refractivity contribution in [2.24, 2.45) is 5.92 Å². The van der Waals surface area contributed by atoms with Crippen LogP contribution in [0.15, 0.2) is 0 Å². The van der Waals surface area contributed by atoms with Crippen molar-refractivity contribution in [3.8, 4) is 0 Å². The molecule has 0 bridgehead atoms. The molecule has 0 spiro atoms. The van der Waals surface area contributed by atoms with Gasteiger partial charge in [-0.1, -0.05) is 0 Å². The second kappa shape index (κ2) is 8.22. The summed E-state index contributed by atoms with van der Waals surface area (Å²) in [5, 5.41) is 5.74. The molecule has 0 aromatic carbocycles. The van der Waals surface area contributed by atoms with E-state index in [2.05, 4.69) is 10.6 Å². The first-order valence-electron chi connectivity index (χ1n) is 7.58. The van der Waals surface area contributed by atoms with Gasteiger partial charge in [0.1, 0.15) is 5.60 Å². The SMILES string of the molecule is COCCNC(=O)C1CCC(NC(=O)OC(C)(C)C)CC1. The topological polar surface area (TPSA) is 76.7 Å². The Morgan fingerprint density at radius 1 is 1.14 bits per heavy atom. The zero-order valence-electron chi connectivity index (χ0n) is 13.5. The minimum absolute atomic E-state index is 0.0403. The van der Waals surface area contributed by atoms with E-state index in [0.29, 0.717) is 13.2 Å². The smallest absolute Gasteiger partial charge is 0.407 e. The molecule has 0 saturated heterocycles. The molecule has 0 heterocycles. The van der Waals surface area contributed by atoms with E-state index in [1.807, 2.05) is 20.8 Å². The van der Waals surface area contributed by atoms with Gasteiger partial charge in [-0.25, -0.2) is 4.79 Å². The van der Waals surface area contributed by atoms with Crippen LogP contribution >= 0.6 is 0 Å². The number of hydrogen-bond donors (Lipinski definition) is 2. The van der Waals surface area contributed by atoms with Crippen molar-refractivity contribution in [3.05, 3.63) is 0 Å². The van der Waals surface area contributed by atoms with Crippen molar-refractivity contribution < 1.29 is 19.1 Å². The van der Waals surface area contributed by atoms with Crippen LogP contribution in [-0.4, -0.2) is 43.9 Å². The van der Waals surface area contributed by atoms with Crippen LogP contribution in [0.25, 0.3) is 0 Å². The first-order chi connectivity index (χ1) is 9.81. The van der Waals surface area contributed by atoms with Gasteiger partial charge >= 0.3 is 6.09 Å². The quantitative estimate of drug-likeness (QED) is 0.760. The highest BCUT2D eigenvalue weighted by atomic mass is 16.6. The van der Waals surface area contributed by atoms with Gasteiger partial charge in [0.25, 0.3) is 0 Å². The van der Waals surface area contributed by atoms with Gasteiger partial charge in [-0.15, -0.1) is 0 Å². The van der Waals surface area contributed by atoms with Gasteiger partial charge < -0.3 is 20.1 Å². The van der Waals surface area contributed by atoms with Crippen molar-refractivity contribution in [1.29, 1.82) is 0 Å². The lowest BCUT2D eigenvalue weighted by Crippen LogP contribution is -2.43. The van der Waals surface area contributed by atoms with E-state index in [4.69, 9.17) is 9.47 Å². The molecule has 1 aliphatic rings.